The zero-order valence-electron chi connectivity index (χ0n) is 21.4. The van der Waals surface area contributed by atoms with Gasteiger partial charge in [-0.25, -0.2) is 21.5 Å². The number of ether oxygens (including phenoxy) is 1. The molecule has 1 aliphatic heterocycles. The minimum Gasteiger partial charge on any atom is -0.381 e. The van der Waals surface area contributed by atoms with Crippen LogP contribution in [0.3, 0.4) is 0 Å². The number of hydrogen-bond acceptors (Lipinski definition) is 8. The molecule has 1 aliphatic rings. The van der Waals surface area contributed by atoms with Crippen molar-refractivity contribution in [2.75, 3.05) is 30.4 Å². The summed E-state index contributed by atoms with van der Waals surface area (Å²) in [6.07, 6.45) is 5.58. The summed E-state index contributed by atoms with van der Waals surface area (Å²) in [4.78, 5) is 4.89. The molecular formula is C24H30N6O5S2. The number of anilines is 1. The van der Waals surface area contributed by atoms with Crippen LogP contribution in [-0.4, -0.2) is 67.1 Å². The summed E-state index contributed by atoms with van der Waals surface area (Å²) in [6, 6.07) is 4.81. The van der Waals surface area contributed by atoms with E-state index in [1.807, 2.05) is 17.6 Å². The molecule has 1 saturated heterocycles. The number of aryl methyl sites for hydroxylation is 2. The van der Waals surface area contributed by atoms with Crippen molar-refractivity contribution in [1.82, 2.24) is 24.5 Å². The molecule has 0 bridgehead atoms. The summed E-state index contributed by atoms with van der Waals surface area (Å²) in [7, 11) is -5.51. The van der Waals surface area contributed by atoms with Gasteiger partial charge in [0.15, 0.2) is 9.84 Å². The Labute approximate surface area is 215 Å². The quantitative estimate of drug-likeness (QED) is 0.389. The van der Waals surface area contributed by atoms with E-state index in [1.165, 1.54) is 12.1 Å². The first-order valence-electron chi connectivity index (χ1n) is 12.0. The Bertz CT molecular complexity index is 1710. The van der Waals surface area contributed by atoms with Crippen molar-refractivity contribution >= 4 is 47.5 Å². The third-order valence-corrected chi connectivity index (χ3v) is 8.78. The lowest BCUT2D eigenvalue weighted by Crippen LogP contribution is -2.24. The van der Waals surface area contributed by atoms with Crippen LogP contribution in [0, 0.1) is 12.8 Å². The van der Waals surface area contributed by atoms with E-state index in [4.69, 9.17) is 9.72 Å². The van der Waals surface area contributed by atoms with E-state index in [-0.39, 0.29) is 22.5 Å². The van der Waals surface area contributed by atoms with Crippen LogP contribution in [0.5, 0.6) is 0 Å². The Kier molecular flexibility index (Phi) is 6.28. The molecule has 1 aromatic carbocycles. The number of sulfone groups is 1. The molecule has 0 amide bonds. The largest absolute Gasteiger partial charge is 0.381 e. The minimum atomic E-state index is -3.67. The lowest BCUT2D eigenvalue weighted by atomic mass is 9.92. The maximum atomic E-state index is 13.0. The van der Waals surface area contributed by atoms with Crippen molar-refractivity contribution < 1.29 is 21.6 Å². The standard InChI is InChI=1S/C24H30N6O5S2/c1-14-23(29(3)28-26-14)17-12-19-22(25-13-17)21-18(27-37(5,33)34)6-7-20(36(4,31)32)24(21)30(19)15(2)16-8-10-35-11-9-16/h6-7,12-13,15-16,27H,8-11H2,1-5H3. The van der Waals surface area contributed by atoms with Gasteiger partial charge >= 0.3 is 0 Å². The third kappa shape index (κ3) is 4.59. The van der Waals surface area contributed by atoms with Gasteiger partial charge in [0.1, 0.15) is 0 Å². The molecule has 0 radical (unpaired) electrons. The van der Waals surface area contributed by atoms with E-state index >= 15 is 0 Å². The van der Waals surface area contributed by atoms with Gasteiger partial charge in [0.25, 0.3) is 0 Å². The van der Waals surface area contributed by atoms with Crippen LogP contribution >= 0.6 is 0 Å². The number of sulfonamides is 1. The highest BCUT2D eigenvalue weighted by molar-refractivity contribution is 7.92. The van der Waals surface area contributed by atoms with Crippen molar-refractivity contribution in [3.05, 3.63) is 30.1 Å². The van der Waals surface area contributed by atoms with Gasteiger partial charge in [-0.3, -0.25) is 9.71 Å². The second-order valence-electron chi connectivity index (χ2n) is 9.78. The highest BCUT2D eigenvalue weighted by Crippen LogP contribution is 2.43. The number of aromatic nitrogens is 5. The van der Waals surface area contributed by atoms with Crippen molar-refractivity contribution in [1.29, 1.82) is 0 Å². The molecule has 0 aliphatic carbocycles. The molecular weight excluding hydrogens is 516 g/mol. The second kappa shape index (κ2) is 9.07. The Balaban J connectivity index is 1.93. The van der Waals surface area contributed by atoms with Crippen molar-refractivity contribution in [3.63, 3.8) is 0 Å². The van der Waals surface area contributed by atoms with E-state index in [2.05, 4.69) is 22.0 Å². The van der Waals surface area contributed by atoms with E-state index in [1.54, 1.807) is 17.9 Å². The molecule has 0 spiro atoms. The Hall–Kier alpha value is -3.03. The molecule has 1 atom stereocenters. The van der Waals surface area contributed by atoms with Crippen molar-refractivity contribution in [2.24, 2.45) is 13.0 Å². The average molecular weight is 547 g/mol. The maximum absolute atomic E-state index is 13.0. The van der Waals surface area contributed by atoms with Crippen LogP contribution in [0.4, 0.5) is 5.69 Å². The minimum absolute atomic E-state index is 0.110. The molecule has 37 heavy (non-hydrogen) atoms. The maximum Gasteiger partial charge on any atom is 0.229 e. The molecule has 198 valence electrons. The number of benzene rings is 1. The Morgan fingerprint density at radius 3 is 2.43 bits per heavy atom. The number of hydrogen-bond donors (Lipinski definition) is 1. The fraction of sp³-hybridized carbons (Fsp3) is 0.458. The first kappa shape index (κ1) is 25.6. The fourth-order valence-electron chi connectivity index (χ4n) is 5.40. The number of rotatable bonds is 6. The van der Waals surface area contributed by atoms with Crippen LogP contribution in [0.15, 0.2) is 29.3 Å². The molecule has 3 aromatic heterocycles. The lowest BCUT2D eigenvalue weighted by molar-refractivity contribution is 0.0524. The summed E-state index contributed by atoms with van der Waals surface area (Å²) in [5.74, 6) is 0.232. The summed E-state index contributed by atoms with van der Waals surface area (Å²) in [6.45, 7) is 5.20. The van der Waals surface area contributed by atoms with Gasteiger partial charge in [-0.05, 0) is 50.8 Å². The zero-order valence-corrected chi connectivity index (χ0v) is 23.0. The van der Waals surface area contributed by atoms with E-state index < -0.39 is 19.9 Å². The molecule has 11 nitrogen and oxygen atoms in total. The number of nitrogens with one attached hydrogen (secondary N) is 1. The van der Waals surface area contributed by atoms with Crippen LogP contribution in [0.1, 0.15) is 31.5 Å². The number of pyridine rings is 1. The normalized spacial score (nSPS) is 16.5. The summed E-state index contributed by atoms with van der Waals surface area (Å²) >= 11 is 0. The highest BCUT2D eigenvalue weighted by atomic mass is 32.2. The number of fused-ring (bicyclic) bond motifs is 3. The predicted molar refractivity (Wildman–Crippen MR) is 142 cm³/mol. The van der Waals surface area contributed by atoms with Gasteiger partial charge in [0.05, 0.1) is 50.2 Å². The Morgan fingerprint density at radius 2 is 1.84 bits per heavy atom. The monoisotopic (exact) mass is 546 g/mol. The van der Waals surface area contributed by atoms with E-state index in [0.29, 0.717) is 35.2 Å². The Morgan fingerprint density at radius 1 is 1.14 bits per heavy atom. The van der Waals surface area contributed by atoms with Crippen LogP contribution in [0.2, 0.25) is 0 Å². The molecule has 1 unspecified atom stereocenters. The van der Waals surface area contributed by atoms with Crippen molar-refractivity contribution in [3.8, 4) is 11.3 Å². The summed E-state index contributed by atoms with van der Waals surface area (Å²) in [5, 5.41) is 8.72. The van der Waals surface area contributed by atoms with Crippen LogP contribution in [0.25, 0.3) is 33.2 Å². The van der Waals surface area contributed by atoms with Crippen LogP contribution in [-0.2, 0) is 31.6 Å². The van der Waals surface area contributed by atoms with Gasteiger partial charge in [0.2, 0.25) is 10.0 Å². The van der Waals surface area contributed by atoms with Gasteiger partial charge in [-0.1, -0.05) is 5.21 Å². The van der Waals surface area contributed by atoms with Gasteiger partial charge in [0, 0.05) is 44.3 Å². The van der Waals surface area contributed by atoms with Crippen LogP contribution < -0.4 is 4.72 Å². The molecule has 1 fully saturated rings. The molecule has 4 aromatic rings. The first-order chi connectivity index (χ1) is 17.4. The van der Waals surface area contributed by atoms with Gasteiger partial charge in [-0.15, -0.1) is 5.10 Å². The van der Waals surface area contributed by atoms with Gasteiger partial charge in [-0.2, -0.15) is 0 Å². The molecule has 13 heteroatoms. The highest BCUT2D eigenvalue weighted by Gasteiger charge is 2.30. The summed E-state index contributed by atoms with van der Waals surface area (Å²) < 4.78 is 62.3. The summed E-state index contributed by atoms with van der Waals surface area (Å²) in [5.41, 5.74) is 4.25. The van der Waals surface area contributed by atoms with E-state index in [0.717, 1.165) is 42.3 Å². The number of nitrogens with zero attached hydrogens (tertiary/aromatic N) is 5. The second-order valence-corrected chi connectivity index (χ2v) is 13.5. The molecule has 4 heterocycles. The molecule has 5 rings (SSSR count). The molecule has 0 saturated carbocycles. The topological polar surface area (TPSA) is 138 Å². The van der Waals surface area contributed by atoms with Gasteiger partial charge < -0.3 is 9.30 Å². The van der Waals surface area contributed by atoms with E-state index in [9.17, 15) is 16.8 Å². The van der Waals surface area contributed by atoms with Crippen molar-refractivity contribution in [2.45, 2.75) is 37.6 Å². The zero-order chi connectivity index (χ0) is 26.7. The average Bonchev–Trinajstić information content (AvgIpc) is 3.34. The predicted octanol–water partition coefficient (Wildman–Crippen LogP) is 3.06. The third-order valence-electron chi connectivity index (χ3n) is 7.06. The SMILES string of the molecule is Cc1nnn(C)c1-c1cnc2c3c(NS(C)(=O)=O)ccc(S(C)(=O)=O)c3n(C(C)C3CCOCC3)c2c1. The lowest BCUT2D eigenvalue weighted by Gasteiger charge is -2.30. The fourth-order valence-corrected chi connectivity index (χ4v) is 6.84. The smallest absolute Gasteiger partial charge is 0.229 e. The first-order valence-corrected chi connectivity index (χ1v) is 15.7. The molecule has 1 N–H and O–H groups in total.